The number of hydrogen-bond donors (Lipinski definition) is 2. The molecule has 1 aliphatic rings. The lowest BCUT2D eigenvalue weighted by Crippen LogP contribution is -2.35. The Balaban J connectivity index is 0.00000162. The Morgan fingerprint density at radius 1 is 1.61 bits per heavy atom. The van der Waals surface area contributed by atoms with Crippen LogP contribution < -0.4 is 10.6 Å². The van der Waals surface area contributed by atoms with Crippen molar-refractivity contribution in [3.05, 3.63) is 22.3 Å². The van der Waals surface area contributed by atoms with E-state index >= 15 is 0 Å². The molecule has 2 unspecified atom stereocenters. The third kappa shape index (κ3) is 3.63. The number of anilines is 1. The number of rotatable bonds is 2. The molecule has 0 saturated carbocycles. The Morgan fingerprint density at radius 2 is 2.33 bits per heavy atom. The Kier molecular flexibility index (Phi) is 5.49. The van der Waals surface area contributed by atoms with E-state index in [9.17, 15) is 9.18 Å². The van der Waals surface area contributed by atoms with E-state index in [4.69, 9.17) is 0 Å². The van der Waals surface area contributed by atoms with Crippen molar-refractivity contribution < 1.29 is 9.18 Å². The van der Waals surface area contributed by atoms with Crippen LogP contribution in [0.3, 0.4) is 0 Å². The monoisotopic (exact) mass is 337 g/mol. The topological polar surface area (TPSA) is 54.0 Å². The van der Waals surface area contributed by atoms with Crippen LogP contribution in [0, 0.1) is 6.92 Å². The van der Waals surface area contributed by atoms with Crippen LogP contribution in [-0.4, -0.2) is 29.6 Å². The number of aryl methyl sites for hydroxylation is 1. The molecule has 2 heterocycles. The first-order chi connectivity index (χ1) is 8.06. The van der Waals surface area contributed by atoms with Gasteiger partial charge in [0.15, 0.2) is 0 Å². The molecule has 0 aliphatic carbocycles. The van der Waals surface area contributed by atoms with Crippen molar-refractivity contribution in [3.8, 4) is 0 Å². The van der Waals surface area contributed by atoms with Crippen LogP contribution >= 0.6 is 28.3 Å². The summed E-state index contributed by atoms with van der Waals surface area (Å²) in [4.78, 5) is 16.0. The summed E-state index contributed by atoms with van der Waals surface area (Å²) in [6.45, 7) is 2.10. The van der Waals surface area contributed by atoms with Crippen LogP contribution in [0.2, 0.25) is 0 Å². The minimum atomic E-state index is -0.942. The summed E-state index contributed by atoms with van der Waals surface area (Å²) in [5.74, 6) is 0.271. The number of pyridine rings is 1. The van der Waals surface area contributed by atoms with Crippen LogP contribution in [0.15, 0.2) is 16.7 Å². The second-order valence-electron chi connectivity index (χ2n) is 4.08. The van der Waals surface area contributed by atoms with Gasteiger partial charge in [0.05, 0.1) is 6.04 Å². The number of alkyl halides is 1. The van der Waals surface area contributed by atoms with Crippen LogP contribution in [0.4, 0.5) is 10.2 Å². The lowest BCUT2D eigenvalue weighted by atomic mass is 10.2. The van der Waals surface area contributed by atoms with Gasteiger partial charge in [-0.1, -0.05) is 6.07 Å². The maximum absolute atomic E-state index is 13.0. The minimum Gasteiger partial charge on any atom is -0.309 e. The molecule has 0 spiro atoms. The summed E-state index contributed by atoms with van der Waals surface area (Å²) in [5, 5.41) is 5.54. The van der Waals surface area contributed by atoms with Crippen molar-refractivity contribution in [1.82, 2.24) is 10.3 Å². The Labute approximate surface area is 119 Å². The van der Waals surface area contributed by atoms with E-state index in [0.29, 0.717) is 10.4 Å². The van der Waals surface area contributed by atoms with Crippen molar-refractivity contribution >= 4 is 40.1 Å². The van der Waals surface area contributed by atoms with E-state index in [1.807, 2.05) is 13.0 Å². The molecule has 2 rings (SSSR count). The highest BCUT2D eigenvalue weighted by molar-refractivity contribution is 9.10. The van der Waals surface area contributed by atoms with Crippen LogP contribution in [0.5, 0.6) is 0 Å². The zero-order valence-corrected chi connectivity index (χ0v) is 12.1. The zero-order valence-electron chi connectivity index (χ0n) is 9.74. The standard InChI is InChI=1S/C11H13BrFN3O.ClH/c1-6-2-3-9(12)15-10(6)16-11(17)8-4-7(13)5-14-8;/h2-3,7-8,14H,4-5H2,1H3,(H,15,16,17);1H. The summed E-state index contributed by atoms with van der Waals surface area (Å²) >= 11 is 3.24. The molecule has 2 N–H and O–H groups in total. The van der Waals surface area contributed by atoms with Gasteiger partial charge in [0.2, 0.25) is 5.91 Å². The number of carbonyl (C=O) groups excluding carboxylic acids is 1. The summed E-state index contributed by atoms with van der Waals surface area (Å²) in [6, 6.07) is 3.19. The molecule has 0 aromatic carbocycles. The number of hydrogen-bond acceptors (Lipinski definition) is 3. The van der Waals surface area contributed by atoms with Gasteiger partial charge in [-0.2, -0.15) is 0 Å². The number of aromatic nitrogens is 1. The molecule has 1 fully saturated rings. The van der Waals surface area contributed by atoms with Gasteiger partial charge in [-0.25, -0.2) is 9.37 Å². The van der Waals surface area contributed by atoms with Crippen molar-refractivity contribution in [2.75, 3.05) is 11.9 Å². The van der Waals surface area contributed by atoms with Gasteiger partial charge in [-0.3, -0.25) is 4.79 Å². The smallest absolute Gasteiger partial charge is 0.242 e. The van der Waals surface area contributed by atoms with Gasteiger partial charge in [0, 0.05) is 13.0 Å². The maximum atomic E-state index is 13.0. The molecular formula is C11H14BrClFN3O. The third-order valence-corrected chi connectivity index (χ3v) is 3.14. The van der Waals surface area contributed by atoms with Crippen LogP contribution in [-0.2, 0) is 4.79 Å². The molecule has 0 bridgehead atoms. The highest BCUT2D eigenvalue weighted by atomic mass is 79.9. The maximum Gasteiger partial charge on any atom is 0.242 e. The first-order valence-corrected chi connectivity index (χ1v) is 6.17. The van der Waals surface area contributed by atoms with Gasteiger partial charge >= 0.3 is 0 Å². The Morgan fingerprint density at radius 3 is 2.94 bits per heavy atom. The molecule has 1 aliphatic heterocycles. The largest absolute Gasteiger partial charge is 0.309 e. The average molecular weight is 339 g/mol. The van der Waals surface area contributed by atoms with Gasteiger partial charge in [0.1, 0.15) is 16.6 Å². The number of halogens is 3. The molecule has 1 amide bonds. The summed E-state index contributed by atoms with van der Waals surface area (Å²) < 4.78 is 13.6. The minimum absolute atomic E-state index is 0. The van der Waals surface area contributed by atoms with E-state index in [-0.39, 0.29) is 31.3 Å². The first kappa shape index (κ1) is 15.3. The van der Waals surface area contributed by atoms with Gasteiger partial charge in [-0.05, 0) is 34.5 Å². The van der Waals surface area contributed by atoms with E-state index < -0.39 is 12.2 Å². The van der Waals surface area contributed by atoms with Crippen molar-refractivity contribution in [3.63, 3.8) is 0 Å². The van der Waals surface area contributed by atoms with Crippen molar-refractivity contribution in [2.24, 2.45) is 0 Å². The van der Waals surface area contributed by atoms with Crippen molar-refractivity contribution in [1.29, 1.82) is 0 Å². The van der Waals surface area contributed by atoms with E-state index in [2.05, 4.69) is 31.5 Å². The third-order valence-electron chi connectivity index (χ3n) is 2.70. The molecule has 7 heteroatoms. The van der Waals surface area contributed by atoms with Gasteiger partial charge in [-0.15, -0.1) is 12.4 Å². The van der Waals surface area contributed by atoms with Crippen LogP contribution in [0.25, 0.3) is 0 Å². The molecule has 1 aromatic heterocycles. The van der Waals surface area contributed by atoms with E-state index in [1.54, 1.807) is 6.07 Å². The fraction of sp³-hybridized carbons (Fsp3) is 0.455. The quantitative estimate of drug-likeness (QED) is 0.813. The van der Waals surface area contributed by atoms with E-state index in [1.165, 1.54) is 0 Å². The number of nitrogens with one attached hydrogen (secondary N) is 2. The predicted molar refractivity (Wildman–Crippen MR) is 73.9 cm³/mol. The summed E-state index contributed by atoms with van der Waals surface area (Å²) in [7, 11) is 0. The second kappa shape index (κ2) is 6.45. The molecule has 2 atom stereocenters. The van der Waals surface area contributed by atoms with Gasteiger partial charge < -0.3 is 10.6 Å². The second-order valence-corrected chi connectivity index (χ2v) is 4.90. The first-order valence-electron chi connectivity index (χ1n) is 5.37. The predicted octanol–water partition coefficient (Wildman–Crippen LogP) is 2.21. The average Bonchev–Trinajstić information content (AvgIpc) is 2.70. The molecule has 100 valence electrons. The fourth-order valence-corrected chi connectivity index (χ4v) is 2.04. The highest BCUT2D eigenvalue weighted by Gasteiger charge is 2.29. The number of carbonyl (C=O) groups is 1. The van der Waals surface area contributed by atoms with E-state index in [0.717, 1.165) is 5.56 Å². The highest BCUT2D eigenvalue weighted by Crippen LogP contribution is 2.17. The van der Waals surface area contributed by atoms with Crippen LogP contribution in [0.1, 0.15) is 12.0 Å². The normalized spacial score (nSPS) is 22.4. The molecule has 18 heavy (non-hydrogen) atoms. The molecule has 4 nitrogen and oxygen atoms in total. The van der Waals surface area contributed by atoms with Crippen molar-refractivity contribution in [2.45, 2.75) is 25.6 Å². The Hall–Kier alpha value is -0.720. The summed E-state index contributed by atoms with van der Waals surface area (Å²) in [5.41, 5.74) is 0.872. The molecule has 0 radical (unpaired) electrons. The molecular weight excluding hydrogens is 324 g/mol. The zero-order chi connectivity index (χ0) is 12.4. The number of amides is 1. The van der Waals surface area contributed by atoms with Gasteiger partial charge in [0.25, 0.3) is 0 Å². The molecule has 1 saturated heterocycles. The molecule has 1 aromatic rings. The lowest BCUT2D eigenvalue weighted by molar-refractivity contribution is -0.117. The fourth-order valence-electron chi connectivity index (χ4n) is 1.73. The summed E-state index contributed by atoms with van der Waals surface area (Å²) in [6.07, 6.45) is -0.721. The lowest BCUT2D eigenvalue weighted by Gasteiger charge is -2.12. The number of nitrogens with zero attached hydrogens (tertiary/aromatic N) is 1. The SMILES string of the molecule is Cc1ccc(Br)nc1NC(=O)C1CC(F)CN1.Cl. The Bertz CT molecular complexity index is 446.